The van der Waals surface area contributed by atoms with Gasteiger partial charge in [0.05, 0.1) is 12.6 Å². The summed E-state index contributed by atoms with van der Waals surface area (Å²) < 4.78 is 6.00. The molecule has 1 unspecified atom stereocenters. The van der Waals surface area contributed by atoms with E-state index >= 15 is 0 Å². The highest BCUT2D eigenvalue weighted by Gasteiger charge is 2.20. The monoisotopic (exact) mass is 473 g/mol. The van der Waals surface area contributed by atoms with Crippen molar-refractivity contribution in [1.82, 2.24) is 0 Å². The maximum absolute atomic E-state index is 10.7. The second-order valence-corrected chi connectivity index (χ2v) is 10.2. The van der Waals surface area contributed by atoms with Crippen molar-refractivity contribution in [3.63, 3.8) is 0 Å². The van der Waals surface area contributed by atoms with Crippen LogP contribution in [0.3, 0.4) is 0 Å². The number of carbonyl (C=O) groups excluding carboxylic acids is 1. The second-order valence-electron chi connectivity index (χ2n) is 9.18. The summed E-state index contributed by atoms with van der Waals surface area (Å²) in [6.07, 6.45) is 7.72. The quantitative estimate of drug-likeness (QED) is 0.247. The third-order valence-electron chi connectivity index (χ3n) is 6.60. The molecule has 34 heavy (non-hydrogen) atoms. The molecule has 1 N–H and O–H groups in total. The average molecular weight is 474 g/mol. The molecular weight excluding hydrogens is 438 g/mol. The summed E-state index contributed by atoms with van der Waals surface area (Å²) in [6.45, 7) is 5.13. The van der Waals surface area contributed by atoms with Gasteiger partial charge in [0, 0.05) is 12.1 Å². The summed E-state index contributed by atoms with van der Waals surface area (Å²) in [5.41, 5.74) is 10.2. The first-order valence-electron chi connectivity index (χ1n) is 12.2. The van der Waals surface area contributed by atoms with Crippen molar-refractivity contribution in [3.8, 4) is 16.9 Å². The van der Waals surface area contributed by atoms with Crippen LogP contribution in [0.15, 0.2) is 54.6 Å². The molecule has 0 saturated carbocycles. The van der Waals surface area contributed by atoms with E-state index in [0.29, 0.717) is 12.5 Å². The minimum absolute atomic E-state index is 0.299. The lowest BCUT2D eigenvalue weighted by Crippen LogP contribution is -2.18. The standard InChI is InChI=1S/C30H35NO2S/c1-21-17-27(33-15-6-16-34-3)18-22(2)30(21)26-9-4-8-24(20-26)29-13-11-25-19-23(7-5-14-32)10-12-28(25)31-29/h4,8-10,12,14,17-20,29,31H,5-7,11,13,15-16H2,1-3H3. The molecule has 0 amide bonds. The number of benzene rings is 3. The molecule has 0 bridgehead atoms. The number of fused-ring (bicyclic) bond motifs is 1. The molecule has 0 fully saturated rings. The number of aldehydes is 1. The molecule has 3 nitrogen and oxygen atoms in total. The molecule has 0 spiro atoms. The first-order valence-corrected chi connectivity index (χ1v) is 13.6. The Bertz CT molecular complexity index is 1120. The Morgan fingerprint density at radius 2 is 1.91 bits per heavy atom. The lowest BCUT2D eigenvalue weighted by atomic mass is 9.89. The van der Waals surface area contributed by atoms with Crippen LogP contribution in [0.4, 0.5) is 5.69 Å². The fourth-order valence-electron chi connectivity index (χ4n) is 4.95. The van der Waals surface area contributed by atoms with Gasteiger partial charge in [-0.05, 0) is 115 Å². The van der Waals surface area contributed by atoms with Crippen LogP contribution in [-0.4, -0.2) is 24.9 Å². The van der Waals surface area contributed by atoms with Crippen LogP contribution in [0.2, 0.25) is 0 Å². The molecule has 0 saturated heterocycles. The molecule has 0 aromatic heterocycles. The molecule has 1 heterocycles. The summed E-state index contributed by atoms with van der Waals surface area (Å²) in [5.74, 6) is 2.10. The molecule has 0 radical (unpaired) electrons. The maximum Gasteiger partial charge on any atom is 0.120 e. The van der Waals surface area contributed by atoms with Crippen LogP contribution < -0.4 is 10.1 Å². The van der Waals surface area contributed by atoms with E-state index in [4.69, 9.17) is 4.74 Å². The molecule has 3 aromatic carbocycles. The van der Waals surface area contributed by atoms with Crippen LogP contribution >= 0.6 is 11.8 Å². The number of carbonyl (C=O) groups is 1. The van der Waals surface area contributed by atoms with Crippen molar-refractivity contribution in [2.45, 2.75) is 52.0 Å². The van der Waals surface area contributed by atoms with Gasteiger partial charge in [-0.3, -0.25) is 0 Å². The summed E-state index contributed by atoms with van der Waals surface area (Å²) in [6, 6.07) is 20.2. The third-order valence-corrected chi connectivity index (χ3v) is 7.29. The van der Waals surface area contributed by atoms with E-state index in [0.717, 1.165) is 50.1 Å². The van der Waals surface area contributed by atoms with Gasteiger partial charge in [0.15, 0.2) is 0 Å². The number of hydrogen-bond acceptors (Lipinski definition) is 4. The van der Waals surface area contributed by atoms with E-state index < -0.39 is 0 Å². The van der Waals surface area contributed by atoms with Gasteiger partial charge in [-0.1, -0.05) is 30.3 Å². The summed E-state index contributed by atoms with van der Waals surface area (Å²) in [7, 11) is 0. The van der Waals surface area contributed by atoms with Crippen molar-refractivity contribution in [2.24, 2.45) is 0 Å². The highest BCUT2D eigenvalue weighted by molar-refractivity contribution is 7.98. The molecule has 178 valence electrons. The van der Waals surface area contributed by atoms with Crippen molar-refractivity contribution in [1.29, 1.82) is 0 Å². The fourth-order valence-corrected chi connectivity index (χ4v) is 5.36. The van der Waals surface area contributed by atoms with E-state index in [1.165, 1.54) is 44.6 Å². The molecule has 1 atom stereocenters. The van der Waals surface area contributed by atoms with E-state index in [-0.39, 0.29) is 0 Å². The topological polar surface area (TPSA) is 38.3 Å². The first-order chi connectivity index (χ1) is 16.6. The number of rotatable bonds is 10. The Kier molecular flexibility index (Phi) is 8.34. The number of nitrogens with one attached hydrogen (secondary N) is 1. The first kappa shape index (κ1) is 24.4. The third kappa shape index (κ3) is 5.85. The minimum Gasteiger partial charge on any atom is -0.494 e. The molecule has 4 rings (SSSR count). The van der Waals surface area contributed by atoms with E-state index in [9.17, 15) is 4.79 Å². The van der Waals surface area contributed by atoms with Crippen LogP contribution in [0.5, 0.6) is 5.75 Å². The largest absolute Gasteiger partial charge is 0.494 e. The smallest absolute Gasteiger partial charge is 0.120 e. The Balaban J connectivity index is 1.51. The molecular formula is C30H35NO2S. The Morgan fingerprint density at radius 1 is 1.09 bits per heavy atom. The van der Waals surface area contributed by atoms with Crippen LogP contribution in [-0.2, 0) is 17.6 Å². The summed E-state index contributed by atoms with van der Waals surface area (Å²) in [5, 5.41) is 3.76. The lowest BCUT2D eigenvalue weighted by molar-refractivity contribution is -0.107. The molecule has 1 aliphatic rings. The van der Waals surface area contributed by atoms with Gasteiger partial charge >= 0.3 is 0 Å². The number of hydrogen-bond donors (Lipinski definition) is 1. The fraction of sp³-hybridized carbons (Fsp3) is 0.367. The van der Waals surface area contributed by atoms with E-state index in [2.05, 4.69) is 80.0 Å². The van der Waals surface area contributed by atoms with Gasteiger partial charge in [0.25, 0.3) is 0 Å². The van der Waals surface area contributed by atoms with Crippen molar-refractivity contribution < 1.29 is 9.53 Å². The van der Waals surface area contributed by atoms with Gasteiger partial charge in [0.1, 0.15) is 12.0 Å². The molecule has 3 aromatic rings. The Labute approximate surface area is 208 Å². The Hall–Kier alpha value is -2.72. The highest BCUT2D eigenvalue weighted by atomic mass is 32.2. The predicted molar refractivity (Wildman–Crippen MR) is 145 cm³/mol. The van der Waals surface area contributed by atoms with Crippen molar-refractivity contribution in [3.05, 3.63) is 82.4 Å². The number of anilines is 1. The summed E-state index contributed by atoms with van der Waals surface area (Å²) >= 11 is 1.86. The van der Waals surface area contributed by atoms with Gasteiger partial charge in [-0.25, -0.2) is 0 Å². The molecule has 0 aliphatic carbocycles. The normalized spacial score (nSPS) is 14.9. The minimum atomic E-state index is 0.299. The molecule has 4 heteroatoms. The van der Waals surface area contributed by atoms with Gasteiger partial charge in [-0.2, -0.15) is 11.8 Å². The number of aryl methyl sites for hydroxylation is 4. The SMILES string of the molecule is CSCCCOc1cc(C)c(-c2cccc(C3CCc4cc(CCC=O)ccc4N3)c2)c(C)c1. The van der Waals surface area contributed by atoms with Gasteiger partial charge in [0.2, 0.25) is 0 Å². The lowest BCUT2D eigenvalue weighted by Gasteiger charge is -2.28. The Morgan fingerprint density at radius 3 is 2.68 bits per heavy atom. The highest BCUT2D eigenvalue weighted by Crippen LogP contribution is 2.36. The average Bonchev–Trinajstić information content (AvgIpc) is 2.85. The zero-order valence-electron chi connectivity index (χ0n) is 20.5. The van der Waals surface area contributed by atoms with Crippen LogP contribution in [0.1, 0.15) is 53.1 Å². The zero-order valence-corrected chi connectivity index (χ0v) is 21.3. The van der Waals surface area contributed by atoms with Crippen molar-refractivity contribution >= 4 is 23.7 Å². The number of thioether (sulfide) groups is 1. The van der Waals surface area contributed by atoms with Gasteiger partial charge < -0.3 is 14.8 Å². The molecule has 1 aliphatic heterocycles. The second kappa shape index (κ2) is 11.6. The maximum atomic E-state index is 10.7. The zero-order chi connectivity index (χ0) is 23.9. The summed E-state index contributed by atoms with van der Waals surface area (Å²) in [4.78, 5) is 10.7. The predicted octanol–water partition coefficient (Wildman–Crippen LogP) is 7.33. The van der Waals surface area contributed by atoms with Gasteiger partial charge in [-0.15, -0.1) is 0 Å². The van der Waals surface area contributed by atoms with Crippen LogP contribution in [0.25, 0.3) is 11.1 Å². The van der Waals surface area contributed by atoms with Crippen molar-refractivity contribution in [2.75, 3.05) is 23.9 Å². The van der Waals surface area contributed by atoms with Crippen LogP contribution in [0, 0.1) is 13.8 Å². The van der Waals surface area contributed by atoms with E-state index in [1.54, 1.807) is 0 Å². The van der Waals surface area contributed by atoms with E-state index in [1.807, 2.05) is 11.8 Å². The number of ether oxygens (including phenoxy) is 1.